The summed E-state index contributed by atoms with van der Waals surface area (Å²) < 4.78 is 5.05. The SMILES string of the molecule is CC(=O)c1ccc(/C=C/C=O)o1. The fraction of sp³-hybridized carbons (Fsp3) is 0.111. The number of hydrogen-bond acceptors (Lipinski definition) is 3. The predicted octanol–water partition coefficient (Wildman–Crippen LogP) is 1.69. The van der Waals surface area contributed by atoms with E-state index in [4.69, 9.17) is 4.42 Å². The van der Waals surface area contributed by atoms with Gasteiger partial charge in [0, 0.05) is 6.92 Å². The molecule has 0 aliphatic heterocycles. The lowest BCUT2D eigenvalue weighted by Crippen LogP contribution is -1.85. The topological polar surface area (TPSA) is 47.3 Å². The first kappa shape index (κ1) is 8.46. The van der Waals surface area contributed by atoms with Gasteiger partial charge in [0.2, 0.25) is 0 Å². The van der Waals surface area contributed by atoms with Crippen molar-refractivity contribution in [2.75, 3.05) is 0 Å². The highest BCUT2D eigenvalue weighted by atomic mass is 16.3. The van der Waals surface area contributed by atoms with Crippen LogP contribution in [0.1, 0.15) is 23.2 Å². The van der Waals surface area contributed by atoms with E-state index in [1.807, 2.05) is 0 Å². The van der Waals surface area contributed by atoms with Crippen LogP contribution in [0.15, 0.2) is 22.6 Å². The van der Waals surface area contributed by atoms with Crippen molar-refractivity contribution < 1.29 is 14.0 Å². The lowest BCUT2D eigenvalue weighted by atomic mass is 10.3. The summed E-state index contributed by atoms with van der Waals surface area (Å²) >= 11 is 0. The smallest absolute Gasteiger partial charge is 0.194 e. The van der Waals surface area contributed by atoms with Crippen LogP contribution in [0.25, 0.3) is 6.08 Å². The Bertz CT molecular complexity index is 320. The first-order valence-corrected chi connectivity index (χ1v) is 3.46. The number of carbonyl (C=O) groups excluding carboxylic acids is 2. The molecule has 0 saturated heterocycles. The average molecular weight is 164 g/mol. The summed E-state index contributed by atoms with van der Waals surface area (Å²) in [6.45, 7) is 1.42. The molecule has 0 bridgehead atoms. The van der Waals surface area contributed by atoms with Crippen molar-refractivity contribution in [3.8, 4) is 0 Å². The van der Waals surface area contributed by atoms with Crippen molar-refractivity contribution in [1.82, 2.24) is 0 Å². The molecule has 1 aromatic heterocycles. The summed E-state index contributed by atoms with van der Waals surface area (Å²) in [6, 6.07) is 3.21. The van der Waals surface area contributed by atoms with E-state index < -0.39 is 0 Å². The van der Waals surface area contributed by atoms with E-state index in [0.29, 0.717) is 17.8 Å². The second kappa shape index (κ2) is 3.67. The molecule has 0 amide bonds. The highest BCUT2D eigenvalue weighted by Crippen LogP contribution is 2.09. The average Bonchev–Trinajstić information content (AvgIpc) is 2.48. The van der Waals surface area contributed by atoms with Gasteiger partial charge in [-0.3, -0.25) is 9.59 Å². The lowest BCUT2D eigenvalue weighted by molar-refractivity contribution is -0.104. The van der Waals surface area contributed by atoms with Crippen LogP contribution in [-0.2, 0) is 4.79 Å². The number of aldehydes is 1. The normalized spacial score (nSPS) is 10.4. The Labute approximate surface area is 69.7 Å². The van der Waals surface area contributed by atoms with Crippen molar-refractivity contribution in [3.05, 3.63) is 29.7 Å². The summed E-state index contributed by atoms with van der Waals surface area (Å²) in [5, 5.41) is 0. The number of carbonyl (C=O) groups is 2. The largest absolute Gasteiger partial charge is 0.454 e. The minimum absolute atomic E-state index is 0.124. The Hall–Kier alpha value is -1.64. The molecule has 0 fully saturated rings. The van der Waals surface area contributed by atoms with Crippen LogP contribution in [0, 0.1) is 0 Å². The second-order valence-corrected chi connectivity index (χ2v) is 2.25. The zero-order valence-electron chi connectivity index (χ0n) is 6.61. The van der Waals surface area contributed by atoms with E-state index in [1.165, 1.54) is 19.1 Å². The molecule has 0 aromatic carbocycles. The summed E-state index contributed by atoms with van der Waals surface area (Å²) in [7, 11) is 0. The molecule has 0 spiro atoms. The van der Waals surface area contributed by atoms with Crippen LogP contribution in [0.5, 0.6) is 0 Å². The van der Waals surface area contributed by atoms with Crippen LogP contribution in [0.2, 0.25) is 0 Å². The quantitative estimate of drug-likeness (QED) is 0.388. The molecule has 0 aliphatic carbocycles. The van der Waals surface area contributed by atoms with Gasteiger partial charge in [-0.1, -0.05) is 0 Å². The third kappa shape index (κ3) is 1.92. The molecule has 3 heteroatoms. The van der Waals surface area contributed by atoms with Gasteiger partial charge in [0.05, 0.1) is 0 Å². The van der Waals surface area contributed by atoms with Crippen LogP contribution < -0.4 is 0 Å². The highest BCUT2D eigenvalue weighted by Gasteiger charge is 2.02. The maximum absolute atomic E-state index is 10.7. The summed E-state index contributed by atoms with van der Waals surface area (Å²) in [4.78, 5) is 20.7. The molecular weight excluding hydrogens is 156 g/mol. The molecule has 1 rings (SSSR count). The standard InChI is InChI=1S/C9H8O3/c1-7(11)9-5-4-8(12-9)3-2-6-10/h2-6H,1H3/b3-2+. The Morgan fingerprint density at radius 1 is 1.50 bits per heavy atom. The molecule has 0 aliphatic rings. The first-order chi connectivity index (χ1) is 5.74. The van der Waals surface area contributed by atoms with E-state index in [0.717, 1.165) is 0 Å². The van der Waals surface area contributed by atoms with Gasteiger partial charge in [-0.15, -0.1) is 0 Å². The number of allylic oxidation sites excluding steroid dienone is 1. The van der Waals surface area contributed by atoms with Gasteiger partial charge in [-0.05, 0) is 24.3 Å². The zero-order chi connectivity index (χ0) is 8.97. The van der Waals surface area contributed by atoms with E-state index in [9.17, 15) is 9.59 Å². The Balaban J connectivity index is 2.84. The predicted molar refractivity (Wildman–Crippen MR) is 43.8 cm³/mol. The summed E-state index contributed by atoms with van der Waals surface area (Å²) in [5.41, 5.74) is 0. The molecule has 62 valence electrons. The molecule has 0 radical (unpaired) electrons. The lowest BCUT2D eigenvalue weighted by Gasteiger charge is -1.84. The van der Waals surface area contributed by atoms with E-state index >= 15 is 0 Å². The molecule has 1 aromatic rings. The van der Waals surface area contributed by atoms with Gasteiger partial charge in [0.1, 0.15) is 12.0 Å². The first-order valence-electron chi connectivity index (χ1n) is 3.46. The molecule has 3 nitrogen and oxygen atoms in total. The number of ketones is 1. The van der Waals surface area contributed by atoms with Crippen molar-refractivity contribution in [2.45, 2.75) is 6.92 Å². The minimum atomic E-state index is -0.124. The van der Waals surface area contributed by atoms with Crippen LogP contribution >= 0.6 is 0 Å². The number of furan rings is 1. The highest BCUT2D eigenvalue weighted by molar-refractivity contribution is 5.91. The Morgan fingerprint density at radius 3 is 2.75 bits per heavy atom. The van der Waals surface area contributed by atoms with Gasteiger partial charge >= 0.3 is 0 Å². The molecule has 0 unspecified atom stereocenters. The fourth-order valence-corrected chi connectivity index (χ4v) is 0.766. The van der Waals surface area contributed by atoms with Crippen molar-refractivity contribution >= 4 is 18.1 Å². The maximum Gasteiger partial charge on any atom is 0.194 e. The van der Waals surface area contributed by atoms with E-state index in [1.54, 1.807) is 12.1 Å². The number of hydrogen-bond donors (Lipinski definition) is 0. The van der Waals surface area contributed by atoms with Crippen LogP contribution in [0.4, 0.5) is 0 Å². The Kier molecular flexibility index (Phi) is 2.58. The van der Waals surface area contributed by atoms with Gasteiger partial charge in [-0.25, -0.2) is 0 Å². The van der Waals surface area contributed by atoms with Crippen molar-refractivity contribution in [2.24, 2.45) is 0 Å². The third-order valence-corrected chi connectivity index (χ3v) is 1.31. The number of rotatable bonds is 3. The van der Waals surface area contributed by atoms with Crippen LogP contribution in [-0.4, -0.2) is 12.1 Å². The summed E-state index contributed by atoms with van der Waals surface area (Å²) in [6.07, 6.45) is 3.46. The molecular formula is C9H8O3. The van der Waals surface area contributed by atoms with E-state index in [2.05, 4.69) is 0 Å². The van der Waals surface area contributed by atoms with Crippen molar-refractivity contribution in [3.63, 3.8) is 0 Å². The van der Waals surface area contributed by atoms with Gasteiger partial charge in [0.15, 0.2) is 11.5 Å². The minimum Gasteiger partial charge on any atom is -0.454 e. The molecule has 0 atom stereocenters. The maximum atomic E-state index is 10.7. The Morgan fingerprint density at radius 2 is 2.25 bits per heavy atom. The monoisotopic (exact) mass is 164 g/mol. The zero-order valence-corrected chi connectivity index (χ0v) is 6.61. The molecule has 12 heavy (non-hydrogen) atoms. The number of Topliss-reactive ketones (excluding diaryl/α,β-unsaturated/α-hetero) is 1. The third-order valence-electron chi connectivity index (χ3n) is 1.31. The van der Waals surface area contributed by atoms with Gasteiger partial charge in [-0.2, -0.15) is 0 Å². The molecule has 1 heterocycles. The molecule has 0 N–H and O–H groups in total. The van der Waals surface area contributed by atoms with Gasteiger partial charge < -0.3 is 4.42 Å². The van der Waals surface area contributed by atoms with Crippen molar-refractivity contribution in [1.29, 1.82) is 0 Å². The van der Waals surface area contributed by atoms with Crippen LogP contribution in [0.3, 0.4) is 0 Å². The van der Waals surface area contributed by atoms with E-state index in [-0.39, 0.29) is 5.78 Å². The fourth-order valence-electron chi connectivity index (χ4n) is 0.766. The van der Waals surface area contributed by atoms with Gasteiger partial charge in [0.25, 0.3) is 0 Å². The summed E-state index contributed by atoms with van der Waals surface area (Å²) in [5.74, 6) is 0.689. The second-order valence-electron chi connectivity index (χ2n) is 2.25. The molecule has 0 saturated carbocycles.